The molecular formula is C18H22N4O. The van der Waals surface area contributed by atoms with Gasteiger partial charge in [0.25, 0.3) is 0 Å². The Morgan fingerprint density at radius 3 is 2.83 bits per heavy atom. The molecule has 2 aromatic rings. The number of aromatic nitrogens is 2. The predicted molar refractivity (Wildman–Crippen MR) is 89.5 cm³/mol. The molecule has 2 fully saturated rings. The molecular weight excluding hydrogens is 288 g/mol. The quantitative estimate of drug-likeness (QED) is 0.866. The second-order valence-electron chi connectivity index (χ2n) is 6.39. The first-order valence-electron chi connectivity index (χ1n) is 8.22. The third-order valence-electron chi connectivity index (χ3n) is 4.99. The number of nitrogens with zero attached hydrogens (tertiary/aromatic N) is 4. The van der Waals surface area contributed by atoms with Crippen molar-refractivity contribution in [3.8, 4) is 5.75 Å². The predicted octanol–water partition coefficient (Wildman–Crippen LogP) is 2.20. The minimum Gasteiger partial charge on any atom is -0.497 e. The lowest BCUT2D eigenvalue weighted by atomic mass is 9.82. The van der Waals surface area contributed by atoms with Crippen LogP contribution in [0, 0.1) is 5.92 Å². The van der Waals surface area contributed by atoms with E-state index in [1.54, 1.807) is 7.11 Å². The van der Waals surface area contributed by atoms with E-state index in [4.69, 9.17) is 4.74 Å². The van der Waals surface area contributed by atoms with Gasteiger partial charge >= 0.3 is 0 Å². The zero-order valence-corrected chi connectivity index (χ0v) is 13.4. The Bertz CT molecular complexity index is 663. The fourth-order valence-corrected chi connectivity index (χ4v) is 3.80. The van der Waals surface area contributed by atoms with Crippen LogP contribution in [-0.4, -0.2) is 47.7 Å². The number of hydrogen-bond donors (Lipinski definition) is 0. The zero-order chi connectivity index (χ0) is 15.6. The molecule has 0 spiro atoms. The fraction of sp³-hybridized carbons (Fsp3) is 0.444. The highest BCUT2D eigenvalue weighted by atomic mass is 16.5. The molecule has 0 N–H and O–H groups in total. The summed E-state index contributed by atoms with van der Waals surface area (Å²) in [4.78, 5) is 13.7. The van der Waals surface area contributed by atoms with Crippen molar-refractivity contribution in [1.29, 1.82) is 0 Å². The van der Waals surface area contributed by atoms with Crippen molar-refractivity contribution in [1.82, 2.24) is 14.9 Å². The van der Waals surface area contributed by atoms with E-state index in [0.29, 0.717) is 6.04 Å². The maximum Gasteiger partial charge on any atom is 0.225 e. The number of likely N-dealkylation sites (tertiary alicyclic amines) is 1. The number of piperidine rings is 1. The summed E-state index contributed by atoms with van der Waals surface area (Å²) in [6.45, 7) is 4.29. The van der Waals surface area contributed by atoms with Gasteiger partial charge in [-0.1, -0.05) is 12.1 Å². The van der Waals surface area contributed by atoms with Crippen LogP contribution in [0.25, 0.3) is 0 Å². The molecule has 1 aromatic carbocycles. The highest BCUT2D eigenvalue weighted by Crippen LogP contribution is 2.34. The van der Waals surface area contributed by atoms with E-state index in [-0.39, 0.29) is 0 Å². The molecule has 0 unspecified atom stereocenters. The Kier molecular flexibility index (Phi) is 3.87. The van der Waals surface area contributed by atoms with Crippen LogP contribution in [0.5, 0.6) is 5.75 Å². The Hall–Kier alpha value is -2.14. The van der Waals surface area contributed by atoms with Crippen LogP contribution in [-0.2, 0) is 6.54 Å². The Balaban J connectivity index is 1.36. The molecule has 2 atom stereocenters. The second-order valence-corrected chi connectivity index (χ2v) is 6.39. The molecule has 1 aromatic heterocycles. The number of rotatable bonds is 4. The van der Waals surface area contributed by atoms with Crippen molar-refractivity contribution in [2.24, 2.45) is 5.92 Å². The Labute approximate surface area is 136 Å². The van der Waals surface area contributed by atoms with Crippen LogP contribution in [0.2, 0.25) is 0 Å². The van der Waals surface area contributed by atoms with E-state index in [0.717, 1.165) is 43.8 Å². The summed E-state index contributed by atoms with van der Waals surface area (Å²) >= 11 is 0. The van der Waals surface area contributed by atoms with Crippen molar-refractivity contribution in [3.63, 3.8) is 0 Å². The first-order chi connectivity index (χ1) is 11.3. The van der Waals surface area contributed by atoms with Crippen molar-refractivity contribution in [2.75, 3.05) is 31.6 Å². The summed E-state index contributed by atoms with van der Waals surface area (Å²) in [6.07, 6.45) is 4.83. The largest absolute Gasteiger partial charge is 0.497 e. The van der Waals surface area contributed by atoms with Crippen LogP contribution in [0.15, 0.2) is 42.7 Å². The van der Waals surface area contributed by atoms with Crippen LogP contribution < -0.4 is 9.64 Å². The number of anilines is 1. The monoisotopic (exact) mass is 310 g/mol. The Morgan fingerprint density at radius 2 is 2.04 bits per heavy atom. The molecule has 4 rings (SSSR count). The molecule has 5 heteroatoms. The number of ether oxygens (including phenoxy) is 1. The smallest absolute Gasteiger partial charge is 0.225 e. The number of fused-ring (bicyclic) bond motifs is 1. The van der Waals surface area contributed by atoms with E-state index in [1.165, 1.54) is 12.0 Å². The molecule has 0 bridgehead atoms. The van der Waals surface area contributed by atoms with Crippen molar-refractivity contribution >= 4 is 5.95 Å². The SMILES string of the molecule is COc1cccc(CN2C[C@@H]3CN(c4ncccn4)CC[C@H]32)c1. The summed E-state index contributed by atoms with van der Waals surface area (Å²) in [7, 11) is 1.72. The highest BCUT2D eigenvalue weighted by molar-refractivity contribution is 5.32. The summed E-state index contributed by atoms with van der Waals surface area (Å²) < 4.78 is 5.32. The van der Waals surface area contributed by atoms with Gasteiger partial charge in [-0.2, -0.15) is 0 Å². The summed E-state index contributed by atoms with van der Waals surface area (Å²) in [5, 5.41) is 0. The van der Waals surface area contributed by atoms with Gasteiger partial charge in [0.1, 0.15) is 5.75 Å². The van der Waals surface area contributed by atoms with Crippen LogP contribution in [0.1, 0.15) is 12.0 Å². The maximum atomic E-state index is 5.32. The van der Waals surface area contributed by atoms with Gasteiger partial charge < -0.3 is 9.64 Å². The summed E-state index contributed by atoms with van der Waals surface area (Å²) in [6, 6.07) is 11.0. The van der Waals surface area contributed by atoms with Crippen LogP contribution in [0.3, 0.4) is 0 Å². The molecule has 0 amide bonds. The standard InChI is InChI=1S/C18H22N4O/c1-23-16-5-2-4-14(10-16)11-22-13-15-12-21(9-6-17(15)22)18-19-7-3-8-20-18/h2-5,7-8,10,15,17H,6,9,11-13H2,1H3/t15-,17+/m0/s1. The zero-order valence-electron chi connectivity index (χ0n) is 13.4. The minimum atomic E-state index is 0.696. The molecule has 0 aliphatic carbocycles. The van der Waals surface area contributed by atoms with E-state index in [2.05, 4.69) is 38.0 Å². The average Bonchev–Trinajstić information content (AvgIpc) is 2.60. The molecule has 5 nitrogen and oxygen atoms in total. The number of benzene rings is 1. The summed E-state index contributed by atoms with van der Waals surface area (Å²) in [5.41, 5.74) is 1.33. The molecule has 3 heterocycles. The molecule has 0 saturated carbocycles. The van der Waals surface area contributed by atoms with E-state index in [1.807, 2.05) is 24.5 Å². The molecule has 0 radical (unpaired) electrons. The van der Waals surface area contributed by atoms with Gasteiger partial charge in [-0.3, -0.25) is 4.90 Å². The Morgan fingerprint density at radius 1 is 1.17 bits per heavy atom. The average molecular weight is 310 g/mol. The molecule has 120 valence electrons. The lowest BCUT2D eigenvalue weighted by molar-refractivity contribution is -0.00519. The highest BCUT2D eigenvalue weighted by Gasteiger charge is 2.42. The van der Waals surface area contributed by atoms with Gasteiger partial charge in [-0.25, -0.2) is 9.97 Å². The van der Waals surface area contributed by atoms with Crippen LogP contribution in [0.4, 0.5) is 5.95 Å². The minimum absolute atomic E-state index is 0.696. The second kappa shape index (κ2) is 6.16. The van der Waals surface area contributed by atoms with E-state index in [9.17, 15) is 0 Å². The van der Waals surface area contributed by atoms with Gasteiger partial charge in [0.15, 0.2) is 0 Å². The molecule has 2 saturated heterocycles. The topological polar surface area (TPSA) is 41.5 Å². The van der Waals surface area contributed by atoms with Crippen molar-refractivity contribution in [2.45, 2.75) is 19.0 Å². The first-order valence-corrected chi connectivity index (χ1v) is 8.22. The number of hydrogen-bond acceptors (Lipinski definition) is 5. The maximum absolute atomic E-state index is 5.32. The summed E-state index contributed by atoms with van der Waals surface area (Å²) in [5.74, 6) is 2.55. The molecule has 2 aliphatic rings. The normalized spacial score (nSPS) is 24.0. The van der Waals surface area contributed by atoms with Gasteiger partial charge in [-0.15, -0.1) is 0 Å². The third kappa shape index (κ3) is 2.88. The van der Waals surface area contributed by atoms with Gasteiger partial charge in [0.05, 0.1) is 7.11 Å². The van der Waals surface area contributed by atoms with Crippen molar-refractivity contribution in [3.05, 3.63) is 48.3 Å². The number of methoxy groups -OCH3 is 1. The lowest BCUT2D eigenvalue weighted by Gasteiger charge is -2.53. The lowest BCUT2D eigenvalue weighted by Crippen LogP contribution is -2.63. The molecule has 23 heavy (non-hydrogen) atoms. The van der Waals surface area contributed by atoms with Crippen LogP contribution >= 0.6 is 0 Å². The first kappa shape index (κ1) is 14.5. The van der Waals surface area contributed by atoms with Gasteiger partial charge in [0, 0.05) is 50.5 Å². The molecule has 2 aliphatic heterocycles. The van der Waals surface area contributed by atoms with Crippen molar-refractivity contribution < 1.29 is 4.74 Å². The van der Waals surface area contributed by atoms with E-state index >= 15 is 0 Å². The van der Waals surface area contributed by atoms with Gasteiger partial charge in [-0.05, 0) is 30.2 Å². The van der Waals surface area contributed by atoms with Gasteiger partial charge in [0.2, 0.25) is 5.95 Å². The fourth-order valence-electron chi connectivity index (χ4n) is 3.80. The third-order valence-corrected chi connectivity index (χ3v) is 4.99. The van der Waals surface area contributed by atoms with E-state index < -0.39 is 0 Å².